The topological polar surface area (TPSA) is 96.2 Å². The number of hydrogen-bond acceptors (Lipinski definition) is 6. The number of hydrogen-bond donors (Lipinski definition) is 0. The van der Waals surface area contributed by atoms with Gasteiger partial charge in [0.1, 0.15) is 33.4 Å². The van der Waals surface area contributed by atoms with Crippen molar-refractivity contribution < 1.29 is 23.1 Å². The van der Waals surface area contributed by atoms with Crippen molar-refractivity contribution in [2.75, 3.05) is 13.7 Å². The number of likely N-dealkylation sites (tertiary alicyclic amines) is 1. The van der Waals surface area contributed by atoms with E-state index in [9.17, 15) is 23.6 Å². The summed E-state index contributed by atoms with van der Waals surface area (Å²) >= 11 is 12.8. The maximum atomic E-state index is 14.2. The van der Waals surface area contributed by atoms with Crippen molar-refractivity contribution in [3.05, 3.63) is 106 Å². The van der Waals surface area contributed by atoms with Crippen LogP contribution in [0, 0.1) is 23.0 Å². The lowest BCUT2D eigenvalue weighted by atomic mass is 9.75. The van der Waals surface area contributed by atoms with Gasteiger partial charge in [0, 0.05) is 17.7 Å². The molecular weight excluding hydrogens is 609 g/mol. The summed E-state index contributed by atoms with van der Waals surface area (Å²) < 4.78 is 32.3. The summed E-state index contributed by atoms with van der Waals surface area (Å²) in [5.41, 5.74) is -0.0158. The number of halogens is 4. The van der Waals surface area contributed by atoms with E-state index >= 15 is 0 Å². The highest BCUT2D eigenvalue weighted by atomic mass is 35.5. The molecule has 2 aromatic carbocycles. The van der Waals surface area contributed by atoms with E-state index in [0.29, 0.717) is 40.1 Å². The fourth-order valence-electron chi connectivity index (χ4n) is 5.64. The maximum Gasteiger partial charge on any atom is 0.319 e. The second-order valence-electron chi connectivity index (χ2n) is 10.9. The third-order valence-corrected chi connectivity index (χ3v) is 8.67. The zero-order chi connectivity index (χ0) is 31.8. The second-order valence-corrected chi connectivity index (χ2v) is 11.7. The van der Waals surface area contributed by atoms with Gasteiger partial charge < -0.3 is 9.64 Å². The molecule has 1 saturated heterocycles. The highest BCUT2D eigenvalue weighted by molar-refractivity contribution is 6.30. The van der Waals surface area contributed by atoms with E-state index in [1.165, 1.54) is 61.4 Å². The molecule has 7 nitrogen and oxygen atoms in total. The van der Waals surface area contributed by atoms with Gasteiger partial charge in [0.25, 0.3) is 0 Å². The van der Waals surface area contributed by atoms with Gasteiger partial charge >= 0.3 is 5.97 Å². The number of esters is 1. The van der Waals surface area contributed by atoms with E-state index in [2.05, 4.69) is 16.0 Å². The number of carbonyl (C=O) groups is 2. The standard InChI is InChI=1S/C33H26Cl2F2N4O3/c1-32(21-14-25(39-28(34)16-21)19-4-8-23(36)9-5-19)12-13-41(30(32)42)27(18-38)33(2,31(43)44-3)22-15-26(40-29(35)17-22)20-6-10-24(37)11-7-20/h4-11,14-17,27H,12-13H2,1-3H3. The molecule has 0 spiro atoms. The van der Waals surface area contributed by atoms with Crippen molar-refractivity contribution in [3.63, 3.8) is 0 Å². The van der Waals surface area contributed by atoms with Crippen molar-refractivity contribution in [3.8, 4) is 28.6 Å². The van der Waals surface area contributed by atoms with E-state index in [-0.39, 0.29) is 16.9 Å². The van der Waals surface area contributed by atoms with E-state index in [1.807, 2.05) is 0 Å². The first kappa shape index (κ1) is 31.0. The van der Waals surface area contributed by atoms with Gasteiger partial charge in [-0.15, -0.1) is 0 Å². The molecule has 1 aliphatic rings. The van der Waals surface area contributed by atoms with E-state index in [1.54, 1.807) is 37.3 Å². The van der Waals surface area contributed by atoms with Crippen LogP contribution in [0.1, 0.15) is 31.4 Å². The van der Waals surface area contributed by atoms with Crippen LogP contribution < -0.4 is 0 Å². The molecule has 0 N–H and O–H groups in total. The first-order chi connectivity index (χ1) is 20.9. The molecule has 3 heterocycles. The number of pyridine rings is 2. The first-order valence-electron chi connectivity index (χ1n) is 13.6. The summed E-state index contributed by atoms with van der Waals surface area (Å²) in [6, 6.07) is 18.5. The number of rotatable bonds is 7. The minimum atomic E-state index is -1.69. The summed E-state index contributed by atoms with van der Waals surface area (Å²) in [6.07, 6.45) is 0.308. The van der Waals surface area contributed by atoms with Crippen molar-refractivity contribution >= 4 is 35.1 Å². The molecule has 1 amide bonds. The Labute approximate surface area is 263 Å². The summed E-state index contributed by atoms with van der Waals surface area (Å²) in [7, 11) is 1.20. The highest BCUT2D eigenvalue weighted by Gasteiger charge is 2.55. The van der Waals surface area contributed by atoms with Crippen LogP contribution in [-0.4, -0.2) is 46.4 Å². The normalized spacial score (nSPS) is 18.4. The Kier molecular flexibility index (Phi) is 8.43. The fraction of sp³-hybridized carbons (Fsp3) is 0.242. The fourth-order valence-corrected chi connectivity index (χ4v) is 6.06. The molecule has 0 saturated carbocycles. The Morgan fingerprint density at radius 2 is 1.50 bits per heavy atom. The third kappa shape index (κ3) is 5.51. The molecule has 0 aliphatic carbocycles. The molecule has 0 bridgehead atoms. The Morgan fingerprint density at radius 3 is 2.02 bits per heavy atom. The van der Waals surface area contributed by atoms with Crippen LogP contribution >= 0.6 is 23.2 Å². The minimum absolute atomic E-state index is 0.0333. The van der Waals surface area contributed by atoms with Crippen LogP contribution in [-0.2, 0) is 25.2 Å². The lowest BCUT2D eigenvalue weighted by Gasteiger charge is -2.37. The Balaban J connectivity index is 1.56. The third-order valence-electron chi connectivity index (χ3n) is 8.28. The van der Waals surface area contributed by atoms with Crippen LogP contribution in [0.5, 0.6) is 0 Å². The molecule has 224 valence electrons. The quantitative estimate of drug-likeness (QED) is 0.162. The summed E-state index contributed by atoms with van der Waals surface area (Å²) in [5.74, 6) is -1.99. The Morgan fingerprint density at radius 1 is 0.977 bits per heavy atom. The van der Waals surface area contributed by atoms with E-state index < -0.39 is 40.4 Å². The predicted octanol–water partition coefficient (Wildman–Crippen LogP) is 6.91. The van der Waals surface area contributed by atoms with Crippen molar-refractivity contribution in [2.45, 2.75) is 37.1 Å². The SMILES string of the molecule is COC(=O)C(C)(c1cc(Cl)nc(-c2ccc(F)cc2)c1)C(C#N)N1CCC(C)(c2cc(Cl)nc(-c3ccc(F)cc3)c2)C1=O. The Bertz CT molecular complexity index is 1800. The van der Waals surface area contributed by atoms with Gasteiger partial charge in [0.05, 0.1) is 30.0 Å². The van der Waals surface area contributed by atoms with Gasteiger partial charge in [-0.1, -0.05) is 23.2 Å². The summed E-state index contributed by atoms with van der Waals surface area (Å²) in [4.78, 5) is 37.8. The molecule has 1 aliphatic heterocycles. The van der Waals surface area contributed by atoms with Crippen LogP contribution in [0.3, 0.4) is 0 Å². The monoisotopic (exact) mass is 634 g/mol. The predicted molar refractivity (Wildman–Crippen MR) is 162 cm³/mol. The maximum absolute atomic E-state index is 14.2. The number of nitriles is 1. The number of aromatic nitrogens is 2. The van der Waals surface area contributed by atoms with Crippen molar-refractivity contribution in [1.82, 2.24) is 14.9 Å². The summed E-state index contributed by atoms with van der Waals surface area (Å²) in [5, 5.41) is 10.7. The lowest BCUT2D eigenvalue weighted by Crippen LogP contribution is -2.55. The molecule has 5 rings (SSSR count). The molecule has 11 heteroatoms. The largest absolute Gasteiger partial charge is 0.468 e. The lowest BCUT2D eigenvalue weighted by molar-refractivity contribution is -0.150. The molecule has 3 unspecified atom stereocenters. The van der Waals surface area contributed by atoms with Crippen molar-refractivity contribution in [1.29, 1.82) is 5.26 Å². The average molecular weight is 635 g/mol. The molecular formula is C33H26Cl2F2N4O3. The number of nitrogens with zero attached hydrogens (tertiary/aromatic N) is 4. The van der Waals surface area contributed by atoms with Gasteiger partial charge in [0.2, 0.25) is 5.91 Å². The number of methoxy groups -OCH3 is 1. The molecule has 4 aromatic rings. The molecule has 2 aromatic heterocycles. The molecule has 44 heavy (non-hydrogen) atoms. The molecule has 0 radical (unpaired) electrons. The van der Waals surface area contributed by atoms with Crippen LogP contribution in [0.25, 0.3) is 22.5 Å². The van der Waals surface area contributed by atoms with Crippen molar-refractivity contribution in [2.24, 2.45) is 0 Å². The highest BCUT2D eigenvalue weighted by Crippen LogP contribution is 2.43. The van der Waals surface area contributed by atoms with Crippen LogP contribution in [0.4, 0.5) is 8.78 Å². The number of benzene rings is 2. The van der Waals surface area contributed by atoms with E-state index in [0.717, 1.165) is 0 Å². The average Bonchev–Trinajstić information content (AvgIpc) is 3.31. The van der Waals surface area contributed by atoms with Gasteiger partial charge in [0.15, 0.2) is 0 Å². The second kappa shape index (κ2) is 11.9. The van der Waals surface area contributed by atoms with Gasteiger partial charge in [-0.05, 0) is 104 Å². The van der Waals surface area contributed by atoms with E-state index in [4.69, 9.17) is 27.9 Å². The first-order valence-corrected chi connectivity index (χ1v) is 14.3. The minimum Gasteiger partial charge on any atom is -0.468 e. The zero-order valence-corrected chi connectivity index (χ0v) is 25.5. The Hall–Kier alpha value is -4.39. The van der Waals surface area contributed by atoms with Crippen LogP contribution in [0.2, 0.25) is 10.3 Å². The smallest absolute Gasteiger partial charge is 0.319 e. The molecule has 3 atom stereocenters. The van der Waals surface area contributed by atoms with Gasteiger partial charge in [-0.3, -0.25) is 9.59 Å². The number of ether oxygens (including phenoxy) is 1. The number of amides is 1. The molecule has 1 fully saturated rings. The summed E-state index contributed by atoms with van der Waals surface area (Å²) in [6.45, 7) is 3.41. The van der Waals surface area contributed by atoms with Gasteiger partial charge in [-0.2, -0.15) is 5.26 Å². The van der Waals surface area contributed by atoms with Gasteiger partial charge in [-0.25, -0.2) is 18.7 Å². The van der Waals surface area contributed by atoms with Crippen LogP contribution in [0.15, 0.2) is 72.8 Å². The zero-order valence-electron chi connectivity index (χ0n) is 23.9. The number of carbonyl (C=O) groups excluding carboxylic acids is 2.